The number of halogens is 3. The van der Waals surface area contributed by atoms with Gasteiger partial charge in [0.05, 0.1) is 28.0 Å². The van der Waals surface area contributed by atoms with E-state index in [0.717, 1.165) is 30.6 Å². The van der Waals surface area contributed by atoms with Crippen molar-refractivity contribution in [3.63, 3.8) is 0 Å². The number of hydrogen-bond acceptors (Lipinski definition) is 4. The standard InChI is InChI=1S/C21H19F3N4O/c22-21(23,24)15-6-7-18(28-11-9-25-10-12-28)17(13-15)27-20(29)16-5-1-3-14-4-2-8-26-19(14)16/h1-8,13,25H,9-12H2,(H,27,29). The average Bonchev–Trinajstić information content (AvgIpc) is 2.73. The summed E-state index contributed by atoms with van der Waals surface area (Å²) < 4.78 is 39.8. The molecule has 4 rings (SSSR count). The second-order valence-electron chi connectivity index (χ2n) is 6.80. The maximum atomic E-state index is 13.3. The topological polar surface area (TPSA) is 57.3 Å². The quantitative estimate of drug-likeness (QED) is 0.700. The molecule has 0 unspecified atom stereocenters. The summed E-state index contributed by atoms with van der Waals surface area (Å²) >= 11 is 0. The average molecular weight is 400 g/mol. The monoisotopic (exact) mass is 400 g/mol. The lowest BCUT2D eigenvalue weighted by atomic mass is 10.1. The molecule has 0 bridgehead atoms. The first-order valence-electron chi connectivity index (χ1n) is 9.25. The number of carbonyl (C=O) groups excluding carboxylic acids is 1. The number of hydrogen-bond donors (Lipinski definition) is 2. The summed E-state index contributed by atoms with van der Waals surface area (Å²) in [6.45, 7) is 2.73. The molecule has 0 spiro atoms. The van der Waals surface area contributed by atoms with E-state index in [1.54, 1.807) is 24.4 Å². The molecule has 1 saturated heterocycles. The minimum absolute atomic E-state index is 0.139. The summed E-state index contributed by atoms with van der Waals surface area (Å²) in [6.07, 6.45) is -2.92. The molecule has 1 aliphatic heterocycles. The number of para-hydroxylation sites is 1. The Bertz CT molecular complexity index is 1040. The van der Waals surface area contributed by atoms with Gasteiger partial charge < -0.3 is 15.5 Å². The summed E-state index contributed by atoms with van der Waals surface area (Å²) in [7, 11) is 0. The van der Waals surface area contributed by atoms with Gasteiger partial charge >= 0.3 is 6.18 Å². The van der Waals surface area contributed by atoms with Crippen molar-refractivity contribution in [3.05, 3.63) is 65.9 Å². The lowest BCUT2D eigenvalue weighted by Gasteiger charge is -2.31. The molecule has 0 aliphatic carbocycles. The number of nitrogens with zero attached hydrogens (tertiary/aromatic N) is 2. The summed E-state index contributed by atoms with van der Waals surface area (Å²) in [5.74, 6) is -0.495. The maximum Gasteiger partial charge on any atom is 0.416 e. The van der Waals surface area contributed by atoms with Crippen LogP contribution in [0.4, 0.5) is 24.5 Å². The minimum atomic E-state index is -4.50. The summed E-state index contributed by atoms with van der Waals surface area (Å²) in [6, 6.07) is 12.2. The van der Waals surface area contributed by atoms with Crippen LogP contribution in [0.15, 0.2) is 54.7 Å². The highest BCUT2D eigenvalue weighted by Gasteiger charge is 2.32. The van der Waals surface area contributed by atoms with Crippen LogP contribution in [0, 0.1) is 0 Å². The third-order valence-corrected chi connectivity index (χ3v) is 4.91. The Hall–Kier alpha value is -3.13. The number of carbonyl (C=O) groups is 1. The minimum Gasteiger partial charge on any atom is -0.367 e. The fourth-order valence-corrected chi connectivity index (χ4v) is 3.47. The molecule has 1 aromatic heterocycles. The molecule has 1 aliphatic rings. The van der Waals surface area contributed by atoms with E-state index < -0.39 is 17.6 Å². The van der Waals surface area contributed by atoms with Gasteiger partial charge in [-0.3, -0.25) is 9.78 Å². The Balaban J connectivity index is 1.73. The van der Waals surface area contributed by atoms with Gasteiger partial charge in [0, 0.05) is 37.8 Å². The Labute approximate surface area is 165 Å². The second kappa shape index (κ2) is 7.71. The molecule has 2 heterocycles. The predicted octanol–water partition coefficient (Wildman–Crippen LogP) is 3.92. The van der Waals surface area contributed by atoms with Crippen LogP contribution in [0.3, 0.4) is 0 Å². The van der Waals surface area contributed by atoms with Gasteiger partial charge in [-0.2, -0.15) is 13.2 Å². The first-order chi connectivity index (χ1) is 13.9. The van der Waals surface area contributed by atoms with Crippen molar-refractivity contribution in [1.82, 2.24) is 10.3 Å². The zero-order valence-electron chi connectivity index (χ0n) is 15.5. The molecule has 2 N–H and O–H groups in total. The van der Waals surface area contributed by atoms with E-state index in [1.807, 2.05) is 17.0 Å². The van der Waals surface area contributed by atoms with Crippen LogP contribution >= 0.6 is 0 Å². The highest BCUT2D eigenvalue weighted by atomic mass is 19.4. The van der Waals surface area contributed by atoms with E-state index in [9.17, 15) is 18.0 Å². The van der Waals surface area contributed by atoms with Crippen LogP contribution in [0.2, 0.25) is 0 Å². The molecule has 29 heavy (non-hydrogen) atoms. The van der Waals surface area contributed by atoms with Gasteiger partial charge in [0.2, 0.25) is 0 Å². The molecule has 3 aromatic rings. The van der Waals surface area contributed by atoms with Crippen LogP contribution in [0.1, 0.15) is 15.9 Å². The fraction of sp³-hybridized carbons (Fsp3) is 0.238. The van der Waals surface area contributed by atoms with E-state index in [0.29, 0.717) is 29.9 Å². The van der Waals surface area contributed by atoms with Crippen LogP contribution in [-0.4, -0.2) is 37.1 Å². The lowest BCUT2D eigenvalue weighted by molar-refractivity contribution is -0.137. The van der Waals surface area contributed by atoms with Crippen molar-refractivity contribution in [3.8, 4) is 0 Å². The Morgan fingerprint density at radius 3 is 2.59 bits per heavy atom. The second-order valence-corrected chi connectivity index (χ2v) is 6.80. The third kappa shape index (κ3) is 4.02. The molecule has 0 atom stereocenters. The number of fused-ring (bicyclic) bond motifs is 1. The van der Waals surface area contributed by atoms with E-state index in [1.165, 1.54) is 6.07 Å². The maximum absolute atomic E-state index is 13.3. The summed E-state index contributed by atoms with van der Waals surface area (Å²) in [4.78, 5) is 19.2. The van der Waals surface area contributed by atoms with Gasteiger partial charge in [-0.05, 0) is 30.3 Å². The number of pyridine rings is 1. The SMILES string of the molecule is O=C(Nc1cc(C(F)(F)F)ccc1N1CCNCC1)c1cccc2cccnc12. The van der Waals surface area contributed by atoms with Gasteiger partial charge in [0.1, 0.15) is 0 Å². The van der Waals surface area contributed by atoms with Crippen LogP contribution < -0.4 is 15.5 Å². The number of nitrogens with one attached hydrogen (secondary N) is 2. The number of anilines is 2. The smallest absolute Gasteiger partial charge is 0.367 e. The van der Waals surface area contributed by atoms with Gasteiger partial charge in [0.25, 0.3) is 5.91 Å². The molecule has 8 heteroatoms. The molecule has 5 nitrogen and oxygen atoms in total. The molecule has 0 saturated carbocycles. The summed E-state index contributed by atoms with van der Waals surface area (Å²) in [5, 5.41) is 6.68. The number of alkyl halides is 3. The lowest BCUT2D eigenvalue weighted by Crippen LogP contribution is -2.43. The van der Waals surface area contributed by atoms with Crippen molar-refractivity contribution in [2.24, 2.45) is 0 Å². The highest BCUT2D eigenvalue weighted by molar-refractivity contribution is 6.12. The van der Waals surface area contributed by atoms with Crippen molar-refractivity contribution >= 4 is 28.2 Å². The molecule has 1 fully saturated rings. The molecule has 150 valence electrons. The van der Waals surface area contributed by atoms with Crippen molar-refractivity contribution in [2.45, 2.75) is 6.18 Å². The summed E-state index contributed by atoms with van der Waals surface area (Å²) in [5.41, 5.74) is 0.721. The van der Waals surface area contributed by atoms with Crippen LogP contribution in [0.25, 0.3) is 10.9 Å². The van der Waals surface area contributed by atoms with Crippen molar-refractivity contribution < 1.29 is 18.0 Å². The number of amides is 1. The molecular formula is C21H19F3N4O. The molecule has 0 radical (unpaired) electrons. The Kier molecular flexibility index (Phi) is 5.10. The highest BCUT2D eigenvalue weighted by Crippen LogP contribution is 2.36. The largest absolute Gasteiger partial charge is 0.416 e. The first-order valence-corrected chi connectivity index (χ1v) is 9.25. The first kappa shape index (κ1) is 19.2. The number of piperazine rings is 1. The number of aromatic nitrogens is 1. The van der Waals surface area contributed by atoms with Crippen LogP contribution in [-0.2, 0) is 6.18 Å². The van der Waals surface area contributed by atoms with E-state index in [-0.39, 0.29) is 5.69 Å². The molecular weight excluding hydrogens is 381 g/mol. The Morgan fingerprint density at radius 2 is 1.83 bits per heavy atom. The van der Waals surface area contributed by atoms with Crippen LogP contribution in [0.5, 0.6) is 0 Å². The third-order valence-electron chi connectivity index (χ3n) is 4.91. The Morgan fingerprint density at radius 1 is 1.07 bits per heavy atom. The van der Waals surface area contributed by atoms with Gasteiger partial charge in [-0.15, -0.1) is 0 Å². The van der Waals surface area contributed by atoms with Gasteiger partial charge in [-0.25, -0.2) is 0 Å². The fourth-order valence-electron chi connectivity index (χ4n) is 3.47. The zero-order valence-corrected chi connectivity index (χ0v) is 15.5. The normalized spacial score (nSPS) is 14.8. The molecule has 1 amide bonds. The predicted molar refractivity (Wildman–Crippen MR) is 106 cm³/mol. The van der Waals surface area contributed by atoms with E-state index in [2.05, 4.69) is 15.6 Å². The van der Waals surface area contributed by atoms with E-state index in [4.69, 9.17) is 0 Å². The number of benzene rings is 2. The number of rotatable bonds is 3. The van der Waals surface area contributed by atoms with Gasteiger partial charge in [0.15, 0.2) is 0 Å². The van der Waals surface area contributed by atoms with Crippen molar-refractivity contribution in [2.75, 3.05) is 36.4 Å². The van der Waals surface area contributed by atoms with Crippen molar-refractivity contribution in [1.29, 1.82) is 0 Å². The van der Waals surface area contributed by atoms with E-state index >= 15 is 0 Å². The zero-order chi connectivity index (χ0) is 20.4. The van der Waals surface area contributed by atoms with Gasteiger partial charge in [-0.1, -0.05) is 18.2 Å². The molecule has 2 aromatic carbocycles.